The molecule has 0 aliphatic heterocycles. The van der Waals surface area contributed by atoms with Gasteiger partial charge in [-0.15, -0.1) is 0 Å². The van der Waals surface area contributed by atoms with Gasteiger partial charge in [0.05, 0.1) is 5.69 Å². The molecule has 0 atom stereocenters. The largest absolute Gasteiger partial charge is 0.330 e. The Morgan fingerprint density at radius 1 is 1.09 bits per heavy atom. The van der Waals surface area contributed by atoms with E-state index in [0.29, 0.717) is 5.69 Å². The first-order valence-electron chi connectivity index (χ1n) is 6.91. The molecule has 1 aromatic carbocycles. The van der Waals surface area contributed by atoms with E-state index in [0.717, 1.165) is 30.8 Å². The average molecular weight is 337 g/mol. The Balaban J connectivity index is 2.71. The molecule has 0 saturated carbocycles. The number of benzene rings is 1. The smallest absolute Gasteiger partial charge is 0.302 e. The van der Waals surface area contributed by atoms with Crippen LogP contribution in [-0.2, 0) is 24.1 Å². The number of aromatic nitrogens is 2. The quantitative estimate of drug-likeness (QED) is 0.818. The molecule has 0 spiro atoms. The summed E-state index contributed by atoms with van der Waals surface area (Å²) in [6.07, 6.45) is 1.06. The first-order valence-corrected chi connectivity index (χ1v) is 8.35. The predicted octanol–water partition coefficient (Wildman–Crippen LogP) is 0.526. The fraction of sp³-hybridized carbons (Fsp3) is 0.333. The lowest BCUT2D eigenvalue weighted by Crippen LogP contribution is -2.42. The third-order valence-corrected chi connectivity index (χ3v) is 5.72. The van der Waals surface area contributed by atoms with Gasteiger partial charge in [-0.1, -0.05) is 12.1 Å². The van der Waals surface area contributed by atoms with Gasteiger partial charge < -0.3 is 4.57 Å². The van der Waals surface area contributed by atoms with Crippen LogP contribution in [0.15, 0.2) is 38.9 Å². The third kappa shape index (κ3) is 2.70. The summed E-state index contributed by atoms with van der Waals surface area (Å²) in [6.45, 7) is 3.69. The Kier molecular flexibility index (Phi) is 4.21. The fourth-order valence-corrected chi connectivity index (χ4v) is 3.71. The molecule has 0 aliphatic rings. The van der Waals surface area contributed by atoms with Crippen LogP contribution in [0.5, 0.6) is 0 Å². The van der Waals surface area contributed by atoms with Gasteiger partial charge in [-0.2, -0.15) is 0 Å². The van der Waals surface area contributed by atoms with Gasteiger partial charge in [0.25, 0.3) is 15.6 Å². The summed E-state index contributed by atoms with van der Waals surface area (Å²) in [5.41, 5.74) is 0.813. The van der Waals surface area contributed by atoms with E-state index in [2.05, 4.69) is 0 Å². The summed E-state index contributed by atoms with van der Waals surface area (Å²) in [6, 6.07) is 5.30. The number of hydrogen-bond donors (Lipinski definition) is 0. The van der Waals surface area contributed by atoms with Crippen molar-refractivity contribution in [2.24, 2.45) is 14.1 Å². The fourth-order valence-electron chi connectivity index (χ4n) is 2.31. The second kappa shape index (κ2) is 5.69. The van der Waals surface area contributed by atoms with Crippen LogP contribution >= 0.6 is 0 Å². The molecule has 0 N–H and O–H groups in total. The summed E-state index contributed by atoms with van der Waals surface area (Å²) < 4.78 is 28.6. The van der Waals surface area contributed by atoms with Crippen LogP contribution in [0.2, 0.25) is 0 Å². The lowest BCUT2D eigenvalue weighted by atomic mass is 10.1. The Morgan fingerprint density at radius 2 is 1.70 bits per heavy atom. The molecule has 0 fully saturated rings. The van der Waals surface area contributed by atoms with Crippen LogP contribution in [0.1, 0.15) is 11.1 Å². The number of hydrogen-bond acceptors (Lipinski definition) is 4. The molecule has 23 heavy (non-hydrogen) atoms. The monoisotopic (exact) mass is 337 g/mol. The Hall–Kier alpha value is -2.35. The van der Waals surface area contributed by atoms with Crippen molar-refractivity contribution in [2.45, 2.75) is 18.7 Å². The first kappa shape index (κ1) is 17.0. The molecule has 0 bridgehead atoms. The van der Waals surface area contributed by atoms with Crippen molar-refractivity contribution in [2.75, 3.05) is 11.4 Å². The zero-order chi connectivity index (χ0) is 17.5. The highest BCUT2D eigenvalue weighted by molar-refractivity contribution is 7.92. The summed E-state index contributed by atoms with van der Waals surface area (Å²) in [5, 5.41) is 0. The SMILES string of the molecule is Cc1cccc(N(C)S(=O)(=O)c2cn(C)c(=O)n(C)c2=O)c1C. The zero-order valence-electron chi connectivity index (χ0n) is 13.7. The summed E-state index contributed by atoms with van der Waals surface area (Å²) in [7, 11) is -0.0398. The van der Waals surface area contributed by atoms with Crippen molar-refractivity contribution in [3.63, 3.8) is 0 Å². The standard InChI is InChI=1S/C15H19N3O4S/c1-10-7-6-8-12(11(10)2)18(5)23(21,22)13-9-16(3)15(20)17(4)14(13)19/h6-9H,1-5H3. The van der Waals surface area contributed by atoms with Crippen LogP contribution in [0.4, 0.5) is 5.69 Å². The van der Waals surface area contributed by atoms with Gasteiger partial charge in [-0.25, -0.2) is 13.2 Å². The van der Waals surface area contributed by atoms with Crippen molar-refractivity contribution in [3.8, 4) is 0 Å². The number of sulfonamides is 1. The van der Waals surface area contributed by atoms with Crippen LogP contribution in [0.3, 0.4) is 0 Å². The van der Waals surface area contributed by atoms with Crippen LogP contribution < -0.4 is 15.6 Å². The minimum Gasteiger partial charge on any atom is -0.302 e. The molecule has 0 unspecified atom stereocenters. The normalized spacial score (nSPS) is 11.5. The van der Waals surface area contributed by atoms with E-state index in [9.17, 15) is 18.0 Å². The van der Waals surface area contributed by atoms with Gasteiger partial charge >= 0.3 is 5.69 Å². The van der Waals surface area contributed by atoms with E-state index >= 15 is 0 Å². The molecule has 1 aromatic heterocycles. The summed E-state index contributed by atoms with van der Waals surface area (Å²) in [5.74, 6) is 0. The molecule has 2 rings (SSSR count). The van der Waals surface area contributed by atoms with Crippen molar-refractivity contribution < 1.29 is 8.42 Å². The zero-order valence-corrected chi connectivity index (χ0v) is 14.5. The Bertz CT molecular complexity index is 987. The van der Waals surface area contributed by atoms with E-state index in [1.807, 2.05) is 19.9 Å². The molecule has 8 heteroatoms. The first-order chi connectivity index (χ1) is 10.6. The number of rotatable bonds is 3. The highest BCUT2D eigenvalue weighted by Gasteiger charge is 2.27. The Morgan fingerprint density at radius 3 is 2.30 bits per heavy atom. The molecule has 0 saturated heterocycles. The second-order valence-corrected chi connectivity index (χ2v) is 7.38. The van der Waals surface area contributed by atoms with Gasteiger partial charge in [0.15, 0.2) is 4.90 Å². The van der Waals surface area contributed by atoms with Gasteiger partial charge in [0.2, 0.25) is 0 Å². The lowest BCUT2D eigenvalue weighted by Gasteiger charge is -2.22. The van der Waals surface area contributed by atoms with Gasteiger partial charge in [0.1, 0.15) is 0 Å². The minimum absolute atomic E-state index is 0.439. The lowest BCUT2D eigenvalue weighted by molar-refractivity contribution is 0.582. The van der Waals surface area contributed by atoms with E-state index in [1.54, 1.807) is 12.1 Å². The highest BCUT2D eigenvalue weighted by Crippen LogP contribution is 2.25. The molecule has 124 valence electrons. The molecule has 7 nitrogen and oxygen atoms in total. The maximum Gasteiger partial charge on any atom is 0.330 e. The van der Waals surface area contributed by atoms with Crippen molar-refractivity contribution in [1.82, 2.24) is 9.13 Å². The number of aryl methyl sites for hydroxylation is 2. The summed E-state index contributed by atoms with van der Waals surface area (Å²) in [4.78, 5) is 23.5. The van der Waals surface area contributed by atoms with E-state index in [1.165, 1.54) is 21.1 Å². The molecule has 0 radical (unpaired) electrons. The molecule has 2 aromatic rings. The maximum atomic E-state index is 12.8. The van der Waals surface area contributed by atoms with E-state index in [-0.39, 0.29) is 0 Å². The predicted molar refractivity (Wildman–Crippen MR) is 88.4 cm³/mol. The molecular formula is C15H19N3O4S. The minimum atomic E-state index is -4.08. The van der Waals surface area contributed by atoms with Gasteiger partial charge in [-0.3, -0.25) is 13.7 Å². The van der Waals surface area contributed by atoms with Crippen LogP contribution in [0, 0.1) is 13.8 Å². The van der Waals surface area contributed by atoms with Crippen molar-refractivity contribution >= 4 is 15.7 Å². The molecule has 1 heterocycles. The maximum absolute atomic E-state index is 12.8. The van der Waals surface area contributed by atoms with Crippen LogP contribution in [0.25, 0.3) is 0 Å². The number of anilines is 1. The van der Waals surface area contributed by atoms with E-state index in [4.69, 9.17) is 0 Å². The molecular weight excluding hydrogens is 318 g/mol. The van der Waals surface area contributed by atoms with Crippen molar-refractivity contribution in [1.29, 1.82) is 0 Å². The highest BCUT2D eigenvalue weighted by atomic mass is 32.2. The van der Waals surface area contributed by atoms with E-state index < -0.39 is 26.2 Å². The second-order valence-electron chi connectivity index (χ2n) is 5.44. The molecule has 0 amide bonds. The third-order valence-electron chi connectivity index (χ3n) is 3.97. The topological polar surface area (TPSA) is 81.4 Å². The summed E-state index contributed by atoms with van der Waals surface area (Å²) >= 11 is 0. The average Bonchev–Trinajstić information content (AvgIpc) is 2.50. The van der Waals surface area contributed by atoms with Gasteiger partial charge in [0, 0.05) is 27.3 Å². The van der Waals surface area contributed by atoms with Crippen molar-refractivity contribution in [3.05, 3.63) is 56.4 Å². The van der Waals surface area contributed by atoms with Gasteiger partial charge in [-0.05, 0) is 31.0 Å². The van der Waals surface area contributed by atoms with Crippen LogP contribution in [-0.4, -0.2) is 24.6 Å². The number of nitrogens with zero attached hydrogens (tertiary/aromatic N) is 3. The molecule has 0 aliphatic carbocycles. The Labute approximate surface area is 134 Å².